The van der Waals surface area contributed by atoms with Crippen molar-refractivity contribution in [1.29, 1.82) is 0 Å². The zero-order valence-corrected chi connectivity index (χ0v) is 14.4. The van der Waals surface area contributed by atoms with Crippen LogP contribution in [0.15, 0.2) is 0 Å². The first kappa shape index (κ1) is 16.5. The molecule has 1 aliphatic rings. The Bertz CT molecular complexity index is 481. The van der Waals surface area contributed by atoms with Gasteiger partial charge in [0.05, 0.1) is 0 Å². The standard InChI is InChI=1S/C16H27ClN4/c1-5-8-13-19-14(17)12(2)15(20-13)18-11-16(21(3)4)9-6-7-10-16/h5-11H2,1-4H3,(H,18,19,20). The van der Waals surface area contributed by atoms with Gasteiger partial charge in [-0.05, 0) is 40.3 Å². The molecule has 1 aliphatic carbocycles. The van der Waals surface area contributed by atoms with Crippen LogP contribution in [-0.2, 0) is 6.42 Å². The van der Waals surface area contributed by atoms with Gasteiger partial charge in [0, 0.05) is 24.1 Å². The summed E-state index contributed by atoms with van der Waals surface area (Å²) in [6.07, 6.45) is 7.00. The second-order valence-electron chi connectivity index (χ2n) is 6.33. The largest absolute Gasteiger partial charge is 0.368 e. The molecule has 0 spiro atoms. The van der Waals surface area contributed by atoms with E-state index in [0.29, 0.717) is 5.15 Å². The van der Waals surface area contributed by atoms with Crippen LogP contribution in [0.1, 0.15) is 50.4 Å². The predicted molar refractivity (Wildman–Crippen MR) is 89.1 cm³/mol. The van der Waals surface area contributed by atoms with Gasteiger partial charge in [0.1, 0.15) is 16.8 Å². The van der Waals surface area contributed by atoms with Gasteiger partial charge < -0.3 is 10.2 Å². The summed E-state index contributed by atoms with van der Waals surface area (Å²) in [4.78, 5) is 11.4. The minimum Gasteiger partial charge on any atom is -0.368 e. The summed E-state index contributed by atoms with van der Waals surface area (Å²) >= 11 is 6.25. The Morgan fingerprint density at radius 2 is 1.90 bits per heavy atom. The van der Waals surface area contributed by atoms with E-state index in [1.165, 1.54) is 25.7 Å². The highest BCUT2D eigenvalue weighted by Crippen LogP contribution is 2.34. The highest BCUT2D eigenvalue weighted by Gasteiger charge is 2.35. The van der Waals surface area contributed by atoms with Gasteiger partial charge in [-0.1, -0.05) is 31.4 Å². The fourth-order valence-electron chi connectivity index (χ4n) is 3.10. The number of aromatic nitrogens is 2. The van der Waals surface area contributed by atoms with E-state index in [9.17, 15) is 0 Å². The van der Waals surface area contributed by atoms with Crippen LogP contribution < -0.4 is 5.32 Å². The summed E-state index contributed by atoms with van der Waals surface area (Å²) in [6, 6.07) is 0. The molecule has 1 fully saturated rings. The summed E-state index contributed by atoms with van der Waals surface area (Å²) < 4.78 is 0. The van der Waals surface area contributed by atoms with Crippen LogP contribution in [0.2, 0.25) is 5.15 Å². The lowest BCUT2D eigenvalue weighted by atomic mass is 9.96. The average molecular weight is 311 g/mol. The predicted octanol–water partition coefficient (Wildman–Crippen LogP) is 3.68. The highest BCUT2D eigenvalue weighted by molar-refractivity contribution is 6.30. The summed E-state index contributed by atoms with van der Waals surface area (Å²) in [5, 5.41) is 4.11. The molecule has 0 atom stereocenters. The van der Waals surface area contributed by atoms with E-state index >= 15 is 0 Å². The molecule has 1 N–H and O–H groups in total. The van der Waals surface area contributed by atoms with Crippen molar-refractivity contribution in [3.8, 4) is 0 Å². The quantitative estimate of drug-likeness (QED) is 0.814. The van der Waals surface area contributed by atoms with Crippen molar-refractivity contribution in [3.05, 3.63) is 16.5 Å². The first-order valence-electron chi connectivity index (χ1n) is 7.93. The van der Waals surface area contributed by atoms with Crippen LogP contribution in [0.5, 0.6) is 0 Å². The third-order valence-electron chi connectivity index (χ3n) is 4.67. The summed E-state index contributed by atoms with van der Waals surface area (Å²) in [5.74, 6) is 1.73. The Hall–Kier alpha value is -0.870. The fraction of sp³-hybridized carbons (Fsp3) is 0.750. The van der Waals surface area contributed by atoms with Crippen molar-refractivity contribution in [3.63, 3.8) is 0 Å². The number of aryl methyl sites for hydroxylation is 1. The second kappa shape index (κ2) is 6.93. The molecule has 0 aromatic carbocycles. The van der Waals surface area contributed by atoms with Crippen LogP contribution in [0, 0.1) is 6.92 Å². The van der Waals surface area contributed by atoms with E-state index in [1.807, 2.05) is 6.92 Å². The zero-order chi connectivity index (χ0) is 15.5. The monoisotopic (exact) mass is 310 g/mol. The Morgan fingerprint density at radius 3 is 2.48 bits per heavy atom. The van der Waals surface area contributed by atoms with E-state index in [4.69, 9.17) is 11.6 Å². The maximum absolute atomic E-state index is 6.25. The zero-order valence-electron chi connectivity index (χ0n) is 13.7. The van der Waals surface area contributed by atoms with Gasteiger partial charge in [0.2, 0.25) is 0 Å². The lowest BCUT2D eigenvalue weighted by Gasteiger charge is -2.36. The van der Waals surface area contributed by atoms with Gasteiger partial charge in [-0.2, -0.15) is 0 Å². The topological polar surface area (TPSA) is 41.1 Å². The van der Waals surface area contributed by atoms with Crippen LogP contribution in [0.4, 0.5) is 5.82 Å². The Balaban J connectivity index is 2.15. The molecule has 0 saturated heterocycles. The molecule has 0 amide bonds. The molecule has 5 heteroatoms. The molecule has 1 aromatic rings. The summed E-state index contributed by atoms with van der Waals surface area (Å²) in [5.41, 5.74) is 1.19. The van der Waals surface area contributed by atoms with Gasteiger partial charge in [0.25, 0.3) is 0 Å². The van der Waals surface area contributed by atoms with E-state index in [2.05, 4.69) is 41.2 Å². The van der Waals surface area contributed by atoms with Crippen molar-refractivity contribution in [2.75, 3.05) is 26.0 Å². The molecule has 0 radical (unpaired) electrons. The number of anilines is 1. The van der Waals surface area contributed by atoms with Crippen molar-refractivity contribution in [2.45, 2.75) is 57.9 Å². The molecule has 0 aliphatic heterocycles. The normalized spacial score (nSPS) is 17.4. The Morgan fingerprint density at radius 1 is 1.24 bits per heavy atom. The van der Waals surface area contributed by atoms with Gasteiger partial charge in [0.15, 0.2) is 0 Å². The molecule has 0 bridgehead atoms. The minimum absolute atomic E-state index is 0.245. The summed E-state index contributed by atoms with van der Waals surface area (Å²) in [7, 11) is 4.35. The smallest absolute Gasteiger partial charge is 0.137 e. The number of nitrogens with one attached hydrogen (secondary N) is 1. The molecule has 1 aromatic heterocycles. The van der Waals surface area contributed by atoms with Crippen molar-refractivity contribution >= 4 is 17.4 Å². The summed E-state index contributed by atoms with van der Waals surface area (Å²) in [6.45, 7) is 5.03. The van der Waals surface area contributed by atoms with Crippen LogP contribution in [0.25, 0.3) is 0 Å². The molecule has 1 saturated carbocycles. The van der Waals surface area contributed by atoms with Crippen LogP contribution >= 0.6 is 11.6 Å². The van der Waals surface area contributed by atoms with E-state index in [-0.39, 0.29) is 5.54 Å². The van der Waals surface area contributed by atoms with E-state index in [1.54, 1.807) is 0 Å². The molecule has 118 valence electrons. The maximum Gasteiger partial charge on any atom is 0.137 e. The Kier molecular flexibility index (Phi) is 5.44. The number of nitrogens with zero attached hydrogens (tertiary/aromatic N) is 3. The molecule has 2 rings (SSSR count). The van der Waals surface area contributed by atoms with Gasteiger partial charge in [-0.15, -0.1) is 0 Å². The van der Waals surface area contributed by atoms with Gasteiger partial charge in [-0.25, -0.2) is 9.97 Å². The minimum atomic E-state index is 0.245. The van der Waals surface area contributed by atoms with Gasteiger partial charge >= 0.3 is 0 Å². The SMILES string of the molecule is CCCc1nc(Cl)c(C)c(NCC2(N(C)C)CCCC2)n1. The first-order valence-corrected chi connectivity index (χ1v) is 8.30. The third kappa shape index (κ3) is 3.67. The molecule has 1 heterocycles. The second-order valence-corrected chi connectivity index (χ2v) is 6.69. The fourth-order valence-corrected chi connectivity index (χ4v) is 3.29. The lowest BCUT2D eigenvalue weighted by Crippen LogP contribution is -2.47. The maximum atomic E-state index is 6.25. The number of halogens is 1. The van der Waals surface area contributed by atoms with Gasteiger partial charge in [-0.3, -0.25) is 0 Å². The van der Waals surface area contributed by atoms with Crippen LogP contribution in [-0.4, -0.2) is 41.0 Å². The number of rotatable bonds is 6. The number of hydrogen-bond donors (Lipinski definition) is 1. The Labute approximate surface area is 133 Å². The molecule has 4 nitrogen and oxygen atoms in total. The average Bonchev–Trinajstić information content (AvgIpc) is 2.91. The molecule has 21 heavy (non-hydrogen) atoms. The molecular weight excluding hydrogens is 284 g/mol. The number of hydrogen-bond acceptors (Lipinski definition) is 4. The molecular formula is C16H27ClN4. The van der Waals surface area contributed by atoms with Crippen LogP contribution in [0.3, 0.4) is 0 Å². The lowest BCUT2D eigenvalue weighted by molar-refractivity contribution is 0.172. The van der Waals surface area contributed by atoms with E-state index in [0.717, 1.165) is 36.6 Å². The van der Waals surface area contributed by atoms with Crippen molar-refractivity contribution in [1.82, 2.24) is 14.9 Å². The molecule has 0 unspecified atom stereocenters. The first-order chi connectivity index (χ1) is 9.98. The third-order valence-corrected chi connectivity index (χ3v) is 5.04. The van der Waals surface area contributed by atoms with E-state index < -0.39 is 0 Å². The van der Waals surface area contributed by atoms with Crippen molar-refractivity contribution in [2.24, 2.45) is 0 Å². The van der Waals surface area contributed by atoms with Crippen molar-refractivity contribution < 1.29 is 0 Å². The number of likely N-dealkylation sites (N-methyl/N-ethyl adjacent to an activating group) is 1. The highest BCUT2D eigenvalue weighted by atomic mass is 35.5.